The predicted molar refractivity (Wildman–Crippen MR) is 47.6 cm³/mol. The van der Waals surface area contributed by atoms with Crippen molar-refractivity contribution >= 4 is 11.9 Å². The molecule has 8 nitrogen and oxygen atoms in total. The lowest BCUT2D eigenvalue weighted by Gasteiger charge is -2.00. The highest BCUT2D eigenvalue weighted by atomic mass is 16.4. The molecule has 0 spiro atoms. The Bertz CT molecular complexity index is 361. The summed E-state index contributed by atoms with van der Waals surface area (Å²) in [5, 5.41) is 19.1. The first-order chi connectivity index (χ1) is 7.09. The van der Waals surface area contributed by atoms with Crippen LogP contribution in [0.5, 0.6) is 0 Å². The summed E-state index contributed by atoms with van der Waals surface area (Å²) in [4.78, 5) is 20.9. The molecule has 1 amide bonds. The van der Waals surface area contributed by atoms with E-state index in [1.54, 1.807) is 0 Å². The van der Waals surface area contributed by atoms with E-state index >= 15 is 0 Å². The average Bonchev–Trinajstić information content (AvgIpc) is 2.51. The summed E-state index contributed by atoms with van der Waals surface area (Å²) in [5.41, 5.74) is 4.96. The van der Waals surface area contributed by atoms with Gasteiger partial charge < -0.3 is 10.8 Å². The summed E-state index contributed by atoms with van der Waals surface area (Å²) in [6, 6.07) is 0. The van der Waals surface area contributed by atoms with Gasteiger partial charge in [-0.1, -0.05) is 0 Å². The van der Waals surface area contributed by atoms with E-state index in [2.05, 4.69) is 15.5 Å². The molecule has 0 radical (unpaired) electrons. The summed E-state index contributed by atoms with van der Waals surface area (Å²) in [7, 11) is 0. The first kappa shape index (κ1) is 11.1. The summed E-state index contributed by atoms with van der Waals surface area (Å²) in [6.07, 6.45) is 0.489. The molecule has 0 fully saturated rings. The number of carbonyl (C=O) groups is 2. The molecule has 1 heterocycles. The third-order valence-electron chi connectivity index (χ3n) is 1.71. The van der Waals surface area contributed by atoms with Gasteiger partial charge in [0.25, 0.3) is 0 Å². The number of primary amides is 1. The van der Waals surface area contributed by atoms with Gasteiger partial charge in [-0.05, 0) is 16.8 Å². The average molecular weight is 213 g/mol. The van der Waals surface area contributed by atoms with E-state index in [0.717, 1.165) is 0 Å². The number of nitrogens with zero attached hydrogens (tertiary/aromatic N) is 4. The predicted octanol–water partition coefficient (Wildman–Crippen LogP) is -1.43. The van der Waals surface area contributed by atoms with Crippen LogP contribution in [0.2, 0.25) is 0 Å². The van der Waals surface area contributed by atoms with Gasteiger partial charge in [-0.25, -0.2) is 4.68 Å². The summed E-state index contributed by atoms with van der Waals surface area (Å²) in [5.74, 6) is -1.13. The lowest BCUT2D eigenvalue weighted by atomic mass is 10.3. The van der Waals surface area contributed by atoms with E-state index in [0.29, 0.717) is 13.0 Å². The smallest absolute Gasteiger partial charge is 0.311 e. The molecule has 0 bridgehead atoms. The van der Waals surface area contributed by atoms with E-state index in [-0.39, 0.29) is 18.7 Å². The van der Waals surface area contributed by atoms with Crippen LogP contribution < -0.4 is 5.73 Å². The van der Waals surface area contributed by atoms with Gasteiger partial charge in [0.1, 0.15) is 6.42 Å². The highest BCUT2D eigenvalue weighted by Crippen LogP contribution is 1.98. The number of aryl methyl sites for hydroxylation is 1. The summed E-state index contributed by atoms with van der Waals surface area (Å²) >= 11 is 0. The second-order valence-electron chi connectivity index (χ2n) is 2.96. The third-order valence-corrected chi connectivity index (χ3v) is 1.71. The number of nitrogens with two attached hydrogens (primary N) is 1. The number of tetrazole rings is 1. The number of hydrogen-bond donors (Lipinski definition) is 2. The van der Waals surface area contributed by atoms with Crippen molar-refractivity contribution in [2.45, 2.75) is 25.8 Å². The number of rotatable bonds is 6. The molecule has 1 aromatic heterocycles. The van der Waals surface area contributed by atoms with Gasteiger partial charge in [-0.3, -0.25) is 9.59 Å². The van der Waals surface area contributed by atoms with Crippen molar-refractivity contribution in [2.75, 3.05) is 0 Å². The Labute approximate surface area is 85.1 Å². The summed E-state index contributed by atoms with van der Waals surface area (Å²) < 4.78 is 1.36. The molecule has 0 unspecified atom stereocenters. The van der Waals surface area contributed by atoms with Gasteiger partial charge >= 0.3 is 5.97 Å². The molecular weight excluding hydrogens is 202 g/mol. The number of aromatic nitrogens is 4. The van der Waals surface area contributed by atoms with Crippen LogP contribution in [0.1, 0.15) is 18.7 Å². The molecule has 1 aromatic rings. The van der Waals surface area contributed by atoms with Gasteiger partial charge in [-0.2, -0.15) is 0 Å². The molecule has 1 rings (SSSR count). The molecule has 0 aromatic carbocycles. The molecule has 0 saturated carbocycles. The second kappa shape index (κ2) is 5.03. The molecular formula is C7H11N5O3. The first-order valence-corrected chi connectivity index (χ1v) is 4.34. The Morgan fingerprint density at radius 3 is 2.80 bits per heavy atom. The zero-order chi connectivity index (χ0) is 11.3. The fourth-order valence-corrected chi connectivity index (χ4v) is 1.06. The molecule has 8 heteroatoms. The molecule has 15 heavy (non-hydrogen) atoms. The Morgan fingerprint density at radius 1 is 1.47 bits per heavy atom. The third kappa shape index (κ3) is 3.71. The quantitative estimate of drug-likeness (QED) is 0.596. The minimum absolute atomic E-state index is 0.229. The minimum atomic E-state index is -0.999. The van der Waals surface area contributed by atoms with Gasteiger partial charge in [0.05, 0.1) is 0 Å². The lowest BCUT2D eigenvalue weighted by molar-refractivity contribution is -0.136. The van der Waals surface area contributed by atoms with Crippen LogP contribution in [-0.4, -0.2) is 37.2 Å². The number of aliphatic carboxylic acids is 1. The Balaban J connectivity index is 2.49. The number of carboxylic acid groups (broad SMARTS) is 1. The van der Waals surface area contributed by atoms with Crippen molar-refractivity contribution in [1.82, 2.24) is 20.2 Å². The van der Waals surface area contributed by atoms with Crippen molar-refractivity contribution in [2.24, 2.45) is 5.73 Å². The van der Waals surface area contributed by atoms with Crippen molar-refractivity contribution in [1.29, 1.82) is 0 Å². The van der Waals surface area contributed by atoms with Crippen LogP contribution in [-0.2, 0) is 22.6 Å². The molecule has 0 aliphatic rings. The molecule has 0 saturated heterocycles. The normalized spacial score (nSPS) is 10.1. The molecule has 3 N–H and O–H groups in total. The van der Waals surface area contributed by atoms with Gasteiger partial charge in [0, 0.05) is 13.0 Å². The largest absolute Gasteiger partial charge is 0.481 e. The van der Waals surface area contributed by atoms with Crippen LogP contribution in [0, 0.1) is 0 Å². The summed E-state index contributed by atoms with van der Waals surface area (Å²) in [6.45, 7) is 0.387. The van der Waals surface area contributed by atoms with Crippen molar-refractivity contribution in [3.05, 3.63) is 5.82 Å². The second-order valence-corrected chi connectivity index (χ2v) is 2.96. The maximum absolute atomic E-state index is 10.5. The minimum Gasteiger partial charge on any atom is -0.481 e. The SMILES string of the molecule is NC(=O)CCCn1nnnc1CC(=O)O. The maximum atomic E-state index is 10.5. The fourth-order valence-electron chi connectivity index (χ4n) is 1.06. The number of carboxylic acids is 1. The monoisotopic (exact) mass is 213 g/mol. The molecule has 0 atom stereocenters. The fraction of sp³-hybridized carbons (Fsp3) is 0.571. The first-order valence-electron chi connectivity index (χ1n) is 4.34. The highest BCUT2D eigenvalue weighted by Gasteiger charge is 2.09. The van der Waals surface area contributed by atoms with E-state index in [9.17, 15) is 9.59 Å². The Morgan fingerprint density at radius 2 is 2.20 bits per heavy atom. The van der Waals surface area contributed by atoms with E-state index in [4.69, 9.17) is 10.8 Å². The zero-order valence-corrected chi connectivity index (χ0v) is 7.96. The van der Waals surface area contributed by atoms with Crippen LogP contribution in [0.3, 0.4) is 0 Å². The Hall–Kier alpha value is -1.99. The van der Waals surface area contributed by atoms with Crippen molar-refractivity contribution in [3.63, 3.8) is 0 Å². The molecule has 82 valence electrons. The van der Waals surface area contributed by atoms with Crippen LogP contribution in [0.15, 0.2) is 0 Å². The molecule has 0 aliphatic heterocycles. The lowest BCUT2D eigenvalue weighted by Crippen LogP contribution is -2.14. The highest BCUT2D eigenvalue weighted by molar-refractivity contribution is 5.73. The van der Waals surface area contributed by atoms with Gasteiger partial charge in [-0.15, -0.1) is 5.10 Å². The maximum Gasteiger partial charge on any atom is 0.311 e. The van der Waals surface area contributed by atoms with E-state index in [1.807, 2.05) is 0 Å². The van der Waals surface area contributed by atoms with Crippen LogP contribution in [0.25, 0.3) is 0 Å². The van der Waals surface area contributed by atoms with Crippen molar-refractivity contribution < 1.29 is 14.7 Å². The number of amides is 1. The molecule has 0 aliphatic carbocycles. The zero-order valence-electron chi connectivity index (χ0n) is 7.96. The Kier molecular flexibility index (Phi) is 3.72. The number of hydrogen-bond acceptors (Lipinski definition) is 5. The van der Waals surface area contributed by atoms with Crippen LogP contribution >= 0.6 is 0 Å². The van der Waals surface area contributed by atoms with E-state index < -0.39 is 11.9 Å². The van der Waals surface area contributed by atoms with Crippen LogP contribution in [0.4, 0.5) is 0 Å². The van der Waals surface area contributed by atoms with E-state index in [1.165, 1.54) is 4.68 Å². The van der Waals surface area contributed by atoms with Crippen molar-refractivity contribution in [3.8, 4) is 0 Å². The van der Waals surface area contributed by atoms with Gasteiger partial charge in [0.2, 0.25) is 5.91 Å². The topological polar surface area (TPSA) is 124 Å². The standard InChI is InChI=1S/C7H11N5O3/c8-5(13)2-1-3-12-6(4-7(14)15)9-10-11-12/h1-4H2,(H2,8,13)(H,14,15). The number of carbonyl (C=O) groups excluding carboxylic acids is 1. The van der Waals surface area contributed by atoms with Gasteiger partial charge in [0.15, 0.2) is 5.82 Å².